The average molecular weight is 143 g/mol. The highest BCUT2D eigenvalue weighted by Gasteiger charge is 2.44. The fraction of sp³-hybridized carbons (Fsp3) is 1.00. The molecule has 0 heterocycles. The first-order valence-corrected chi connectivity index (χ1v) is 3.92. The Morgan fingerprint density at radius 3 is 2.20 bits per heavy atom. The van der Waals surface area contributed by atoms with Crippen LogP contribution in [0.25, 0.3) is 0 Å². The summed E-state index contributed by atoms with van der Waals surface area (Å²) in [7, 11) is 1.75. The van der Waals surface area contributed by atoms with Crippen molar-refractivity contribution in [3.8, 4) is 0 Å². The van der Waals surface area contributed by atoms with Gasteiger partial charge in [-0.3, -0.25) is 0 Å². The normalized spacial score (nSPS) is 27.6. The zero-order valence-corrected chi connectivity index (χ0v) is 7.05. The Kier molecular flexibility index (Phi) is 2.02. The molecule has 60 valence electrons. The Morgan fingerprint density at radius 1 is 1.60 bits per heavy atom. The lowest BCUT2D eigenvalue weighted by molar-refractivity contribution is -0.0296. The minimum absolute atomic E-state index is 0.0694. The molecule has 1 saturated carbocycles. The second-order valence-electron chi connectivity index (χ2n) is 3.45. The van der Waals surface area contributed by atoms with Gasteiger partial charge in [0.15, 0.2) is 0 Å². The van der Waals surface area contributed by atoms with Crippen LogP contribution in [0.5, 0.6) is 0 Å². The van der Waals surface area contributed by atoms with E-state index in [1.165, 1.54) is 12.8 Å². The molecular weight excluding hydrogens is 126 g/mol. The third-order valence-corrected chi connectivity index (χ3v) is 2.73. The van der Waals surface area contributed by atoms with Crippen LogP contribution < -0.4 is 5.73 Å². The summed E-state index contributed by atoms with van der Waals surface area (Å²) in [6.45, 7) is 4.12. The van der Waals surface area contributed by atoms with E-state index in [-0.39, 0.29) is 11.6 Å². The SMILES string of the molecule is CO[C@@](C)(C1CC1)[C@H](C)N. The van der Waals surface area contributed by atoms with Crippen LogP contribution in [0.3, 0.4) is 0 Å². The predicted molar refractivity (Wildman–Crippen MR) is 41.8 cm³/mol. The Bertz CT molecular complexity index is 116. The van der Waals surface area contributed by atoms with Crippen molar-refractivity contribution in [1.82, 2.24) is 0 Å². The minimum Gasteiger partial charge on any atom is -0.377 e. The molecule has 0 aromatic rings. The van der Waals surface area contributed by atoms with Gasteiger partial charge < -0.3 is 10.5 Å². The zero-order valence-electron chi connectivity index (χ0n) is 7.05. The van der Waals surface area contributed by atoms with Crippen molar-refractivity contribution in [2.45, 2.75) is 38.3 Å². The van der Waals surface area contributed by atoms with E-state index >= 15 is 0 Å². The molecule has 1 fully saturated rings. The molecule has 0 aromatic carbocycles. The highest BCUT2D eigenvalue weighted by molar-refractivity contribution is 4.97. The lowest BCUT2D eigenvalue weighted by Crippen LogP contribution is -2.46. The Morgan fingerprint density at radius 2 is 2.10 bits per heavy atom. The van der Waals surface area contributed by atoms with E-state index in [9.17, 15) is 0 Å². The first-order valence-electron chi connectivity index (χ1n) is 3.92. The molecule has 0 radical (unpaired) electrons. The van der Waals surface area contributed by atoms with Gasteiger partial charge in [-0.05, 0) is 32.6 Å². The highest BCUT2D eigenvalue weighted by atomic mass is 16.5. The van der Waals surface area contributed by atoms with E-state index in [1.807, 2.05) is 6.92 Å². The first kappa shape index (κ1) is 8.02. The molecule has 0 bridgehead atoms. The third kappa shape index (κ3) is 1.18. The Labute approximate surface area is 62.7 Å². The summed E-state index contributed by atoms with van der Waals surface area (Å²) in [6, 6.07) is 0.144. The van der Waals surface area contributed by atoms with Gasteiger partial charge in [-0.25, -0.2) is 0 Å². The highest BCUT2D eigenvalue weighted by Crippen LogP contribution is 2.42. The van der Waals surface area contributed by atoms with Gasteiger partial charge in [0, 0.05) is 13.2 Å². The summed E-state index contributed by atoms with van der Waals surface area (Å²) in [6.07, 6.45) is 2.57. The summed E-state index contributed by atoms with van der Waals surface area (Å²) in [5.41, 5.74) is 5.73. The van der Waals surface area contributed by atoms with E-state index < -0.39 is 0 Å². The molecular formula is C8H17NO. The molecule has 2 atom stereocenters. The number of rotatable bonds is 3. The molecule has 1 aliphatic rings. The quantitative estimate of drug-likeness (QED) is 0.643. The van der Waals surface area contributed by atoms with Crippen molar-refractivity contribution in [1.29, 1.82) is 0 Å². The van der Waals surface area contributed by atoms with Gasteiger partial charge in [-0.15, -0.1) is 0 Å². The van der Waals surface area contributed by atoms with Gasteiger partial charge in [0.2, 0.25) is 0 Å². The van der Waals surface area contributed by atoms with Gasteiger partial charge in [0.1, 0.15) is 0 Å². The summed E-state index contributed by atoms with van der Waals surface area (Å²) in [5, 5.41) is 0. The van der Waals surface area contributed by atoms with Crippen LogP contribution >= 0.6 is 0 Å². The van der Waals surface area contributed by atoms with Crippen LogP contribution in [0.1, 0.15) is 26.7 Å². The maximum absolute atomic E-state index is 5.80. The summed E-state index contributed by atoms with van der Waals surface area (Å²) in [4.78, 5) is 0. The average Bonchev–Trinajstić information content (AvgIpc) is 2.67. The molecule has 2 nitrogen and oxygen atoms in total. The second-order valence-corrected chi connectivity index (χ2v) is 3.45. The van der Waals surface area contributed by atoms with Crippen LogP contribution in [0.15, 0.2) is 0 Å². The standard InChI is InChI=1S/C8H17NO/c1-6(9)8(2,10-3)7-4-5-7/h6-7H,4-5,9H2,1-3H3/t6-,8+/m0/s1. The molecule has 0 aromatic heterocycles. The smallest absolute Gasteiger partial charge is 0.0826 e. The number of methoxy groups -OCH3 is 1. The molecule has 2 heteroatoms. The third-order valence-electron chi connectivity index (χ3n) is 2.73. The van der Waals surface area contributed by atoms with Crippen molar-refractivity contribution in [3.63, 3.8) is 0 Å². The van der Waals surface area contributed by atoms with Crippen LogP contribution in [-0.2, 0) is 4.74 Å². The molecule has 0 spiro atoms. The van der Waals surface area contributed by atoms with Crippen molar-refractivity contribution in [2.75, 3.05) is 7.11 Å². The zero-order chi connectivity index (χ0) is 7.78. The molecule has 10 heavy (non-hydrogen) atoms. The van der Waals surface area contributed by atoms with E-state index in [0.29, 0.717) is 5.92 Å². The number of hydrogen-bond donors (Lipinski definition) is 1. The molecule has 0 unspecified atom stereocenters. The van der Waals surface area contributed by atoms with Crippen molar-refractivity contribution in [2.24, 2.45) is 11.7 Å². The van der Waals surface area contributed by atoms with Crippen molar-refractivity contribution >= 4 is 0 Å². The van der Waals surface area contributed by atoms with E-state index in [1.54, 1.807) is 7.11 Å². The van der Waals surface area contributed by atoms with Crippen LogP contribution in [0.2, 0.25) is 0 Å². The largest absolute Gasteiger partial charge is 0.377 e. The topological polar surface area (TPSA) is 35.2 Å². The van der Waals surface area contributed by atoms with Crippen LogP contribution in [0.4, 0.5) is 0 Å². The van der Waals surface area contributed by atoms with Crippen LogP contribution in [0, 0.1) is 5.92 Å². The molecule has 0 amide bonds. The van der Waals surface area contributed by atoms with Gasteiger partial charge >= 0.3 is 0 Å². The first-order chi connectivity index (χ1) is 4.61. The second kappa shape index (κ2) is 2.51. The summed E-state index contributed by atoms with van der Waals surface area (Å²) in [5.74, 6) is 0.706. The predicted octanol–water partition coefficient (Wildman–Crippen LogP) is 1.15. The fourth-order valence-electron chi connectivity index (χ4n) is 1.38. The molecule has 0 saturated heterocycles. The van der Waals surface area contributed by atoms with Gasteiger partial charge in [-0.2, -0.15) is 0 Å². The minimum atomic E-state index is -0.0694. The maximum Gasteiger partial charge on any atom is 0.0826 e. The van der Waals surface area contributed by atoms with E-state index in [0.717, 1.165) is 0 Å². The van der Waals surface area contributed by atoms with Gasteiger partial charge in [0.25, 0.3) is 0 Å². The Hall–Kier alpha value is -0.0800. The van der Waals surface area contributed by atoms with Crippen molar-refractivity contribution < 1.29 is 4.74 Å². The molecule has 1 rings (SSSR count). The molecule has 0 aliphatic heterocycles. The number of ether oxygens (including phenoxy) is 1. The number of hydrogen-bond acceptors (Lipinski definition) is 2. The van der Waals surface area contributed by atoms with Crippen molar-refractivity contribution in [3.05, 3.63) is 0 Å². The maximum atomic E-state index is 5.80. The lowest BCUT2D eigenvalue weighted by atomic mass is 9.93. The van der Waals surface area contributed by atoms with E-state index in [2.05, 4.69) is 6.92 Å². The van der Waals surface area contributed by atoms with Gasteiger partial charge in [-0.1, -0.05) is 0 Å². The van der Waals surface area contributed by atoms with Crippen LogP contribution in [-0.4, -0.2) is 18.8 Å². The van der Waals surface area contributed by atoms with E-state index in [4.69, 9.17) is 10.5 Å². The fourth-order valence-corrected chi connectivity index (χ4v) is 1.38. The lowest BCUT2D eigenvalue weighted by Gasteiger charge is -2.32. The summed E-state index contributed by atoms with van der Waals surface area (Å²) < 4.78 is 5.40. The molecule has 2 N–H and O–H groups in total. The monoisotopic (exact) mass is 143 g/mol. The molecule has 1 aliphatic carbocycles. The number of nitrogens with two attached hydrogens (primary N) is 1. The van der Waals surface area contributed by atoms with Gasteiger partial charge in [0.05, 0.1) is 5.60 Å². The Balaban J connectivity index is 2.56. The summed E-state index contributed by atoms with van der Waals surface area (Å²) >= 11 is 0.